The summed E-state index contributed by atoms with van der Waals surface area (Å²) in [5, 5.41) is 35.1. The quantitative estimate of drug-likeness (QED) is 0.193. The van der Waals surface area contributed by atoms with Crippen LogP contribution in [-0.2, 0) is 0 Å². The zero-order chi connectivity index (χ0) is 33.8. The fourth-order valence-corrected chi connectivity index (χ4v) is 7.53. The Bertz CT molecular complexity index is 2900. The van der Waals surface area contributed by atoms with Crippen LogP contribution in [0.1, 0.15) is 16.7 Å². The van der Waals surface area contributed by atoms with Crippen molar-refractivity contribution in [3.63, 3.8) is 0 Å². The van der Waals surface area contributed by atoms with Gasteiger partial charge >= 0.3 is 0 Å². The van der Waals surface area contributed by atoms with Gasteiger partial charge in [0.2, 0.25) is 0 Å². The minimum Gasteiger partial charge on any atom is -0.309 e. The molecule has 0 unspecified atom stereocenters. The maximum absolute atomic E-state index is 10.5. The molecule has 0 fully saturated rings. The summed E-state index contributed by atoms with van der Waals surface area (Å²) >= 11 is 0. The van der Waals surface area contributed by atoms with Gasteiger partial charge < -0.3 is 9.13 Å². The van der Waals surface area contributed by atoms with Crippen molar-refractivity contribution in [1.82, 2.24) is 9.13 Å². The first kappa shape index (κ1) is 28.8. The molecule has 9 aromatic rings. The molecule has 0 saturated carbocycles. The van der Waals surface area contributed by atoms with E-state index >= 15 is 0 Å². The fraction of sp³-hybridized carbons (Fsp3) is 0. The van der Waals surface area contributed by atoms with Crippen molar-refractivity contribution >= 4 is 43.6 Å². The summed E-state index contributed by atoms with van der Waals surface area (Å²) < 4.78 is 4.46. The standard InChI is InChI=1S/C45H25N5/c46-26-29-17-24-43-38(25-29)36-11-3-7-15-41(36)50(43)42-16-8-4-12-37(42)45-32(28-48)19-18-31(27-47)44(45)30-20-22-33(23-21-30)49-39-13-5-1-9-34(39)35-10-2-6-14-40(35)49/h1-25H. The van der Waals surface area contributed by atoms with Gasteiger partial charge in [-0.25, -0.2) is 0 Å². The van der Waals surface area contributed by atoms with Crippen LogP contribution in [0.15, 0.2) is 152 Å². The summed E-state index contributed by atoms with van der Waals surface area (Å²) in [4.78, 5) is 0. The molecule has 230 valence electrons. The molecule has 2 heterocycles. The average molecular weight is 636 g/mol. The van der Waals surface area contributed by atoms with Crippen LogP contribution in [0.2, 0.25) is 0 Å². The van der Waals surface area contributed by atoms with Crippen molar-refractivity contribution in [2.24, 2.45) is 0 Å². The molecule has 7 aromatic carbocycles. The number of hydrogen-bond acceptors (Lipinski definition) is 3. The van der Waals surface area contributed by atoms with Gasteiger partial charge in [-0.2, -0.15) is 15.8 Å². The maximum Gasteiger partial charge on any atom is 0.0998 e. The first-order valence-corrected chi connectivity index (χ1v) is 16.3. The third-order valence-electron chi connectivity index (χ3n) is 9.66. The minimum absolute atomic E-state index is 0.477. The second-order valence-corrected chi connectivity index (χ2v) is 12.3. The summed E-state index contributed by atoms with van der Waals surface area (Å²) in [7, 11) is 0. The lowest BCUT2D eigenvalue weighted by atomic mass is 9.86. The maximum atomic E-state index is 10.5. The lowest BCUT2D eigenvalue weighted by Gasteiger charge is -2.19. The predicted molar refractivity (Wildman–Crippen MR) is 200 cm³/mol. The monoisotopic (exact) mass is 635 g/mol. The number of fused-ring (bicyclic) bond motifs is 6. The zero-order valence-corrected chi connectivity index (χ0v) is 26.7. The molecular weight excluding hydrogens is 611 g/mol. The van der Waals surface area contributed by atoms with Crippen molar-refractivity contribution in [1.29, 1.82) is 15.8 Å². The third kappa shape index (κ3) is 4.24. The Morgan fingerprint density at radius 1 is 0.400 bits per heavy atom. The highest BCUT2D eigenvalue weighted by Crippen LogP contribution is 2.43. The van der Waals surface area contributed by atoms with Crippen LogP contribution in [0.25, 0.3) is 77.2 Å². The summed E-state index contributed by atoms with van der Waals surface area (Å²) in [6, 6.07) is 57.6. The number of nitrogens with zero attached hydrogens (tertiary/aromatic N) is 5. The van der Waals surface area contributed by atoms with E-state index in [1.165, 1.54) is 10.8 Å². The molecule has 0 amide bonds. The van der Waals surface area contributed by atoms with Crippen molar-refractivity contribution in [2.45, 2.75) is 0 Å². The van der Waals surface area contributed by atoms with E-state index in [9.17, 15) is 15.8 Å². The molecule has 0 atom stereocenters. The Balaban J connectivity index is 1.29. The van der Waals surface area contributed by atoms with Crippen LogP contribution < -0.4 is 0 Å². The third-order valence-corrected chi connectivity index (χ3v) is 9.66. The normalized spacial score (nSPS) is 11.1. The first-order chi connectivity index (χ1) is 24.7. The molecule has 0 aliphatic carbocycles. The Kier molecular flexibility index (Phi) is 6.56. The second-order valence-electron chi connectivity index (χ2n) is 12.3. The van der Waals surface area contributed by atoms with E-state index in [0.717, 1.165) is 55.3 Å². The van der Waals surface area contributed by atoms with Gasteiger partial charge in [0.05, 0.1) is 62.7 Å². The van der Waals surface area contributed by atoms with E-state index in [1.54, 1.807) is 12.1 Å². The Morgan fingerprint density at radius 3 is 1.54 bits per heavy atom. The topological polar surface area (TPSA) is 81.2 Å². The number of rotatable bonds is 4. The molecular formula is C45H25N5. The Labute approximate surface area is 287 Å². The number of benzene rings is 7. The van der Waals surface area contributed by atoms with E-state index in [1.807, 2.05) is 60.7 Å². The van der Waals surface area contributed by atoms with Crippen LogP contribution in [0.3, 0.4) is 0 Å². The first-order valence-electron chi connectivity index (χ1n) is 16.3. The fourth-order valence-electron chi connectivity index (χ4n) is 7.53. The summed E-state index contributed by atoms with van der Waals surface area (Å²) in [5.74, 6) is 0. The minimum atomic E-state index is 0.477. The van der Waals surface area contributed by atoms with Gasteiger partial charge in [0.25, 0.3) is 0 Å². The van der Waals surface area contributed by atoms with Crippen LogP contribution >= 0.6 is 0 Å². The molecule has 5 nitrogen and oxygen atoms in total. The van der Waals surface area contributed by atoms with Crippen LogP contribution in [-0.4, -0.2) is 9.13 Å². The zero-order valence-electron chi connectivity index (χ0n) is 26.7. The van der Waals surface area contributed by atoms with Gasteiger partial charge in [-0.05, 0) is 72.3 Å². The molecule has 0 radical (unpaired) electrons. The smallest absolute Gasteiger partial charge is 0.0998 e. The van der Waals surface area contributed by atoms with E-state index in [2.05, 4.69) is 106 Å². The van der Waals surface area contributed by atoms with E-state index in [-0.39, 0.29) is 0 Å². The van der Waals surface area contributed by atoms with E-state index in [4.69, 9.17) is 0 Å². The van der Waals surface area contributed by atoms with E-state index in [0.29, 0.717) is 27.8 Å². The Morgan fingerprint density at radius 2 is 0.920 bits per heavy atom. The number of hydrogen-bond donors (Lipinski definition) is 0. The highest BCUT2D eigenvalue weighted by Gasteiger charge is 2.22. The average Bonchev–Trinajstić information content (AvgIpc) is 3.70. The molecule has 0 spiro atoms. The molecule has 0 aliphatic heterocycles. The molecule has 0 aliphatic rings. The molecule has 0 N–H and O–H groups in total. The van der Waals surface area contributed by atoms with Gasteiger partial charge in [-0.3, -0.25) is 0 Å². The van der Waals surface area contributed by atoms with Crippen molar-refractivity contribution < 1.29 is 0 Å². The van der Waals surface area contributed by atoms with E-state index < -0.39 is 0 Å². The SMILES string of the molecule is N#Cc1ccc2c(c1)c1ccccc1n2-c1ccccc1-c1c(C#N)ccc(C#N)c1-c1ccc(-n2c3ccccc3c3ccccc32)cc1. The van der Waals surface area contributed by atoms with Crippen molar-refractivity contribution in [3.05, 3.63) is 168 Å². The molecule has 50 heavy (non-hydrogen) atoms. The molecule has 5 heteroatoms. The number of aromatic nitrogens is 2. The summed E-state index contributed by atoms with van der Waals surface area (Å²) in [6.07, 6.45) is 0. The lowest BCUT2D eigenvalue weighted by Crippen LogP contribution is -2.01. The van der Waals surface area contributed by atoms with Gasteiger partial charge in [0.15, 0.2) is 0 Å². The molecule has 2 aromatic heterocycles. The van der Waals surface area contributed by atoms with Crippen molar-refractivity contribution in [3.8, 4) is 51.8 Å². The van der Waals surface area contributed by atoms with Gasteiger partial charge in [-0.1, -0.05) is 84.9 Å². The molecule has 0 saturated heterocycles. The van der Waals surface area contributed by atoms with Gasteiger partial charge in [-0.15, -0.1) is 0 Å². The number of para-hydroxylation sites is 4. The summed E-state index contributed by atoms with van der Waals surface area (Å²) in [5.41, 5.74) is 10.7. The van der Waals surface area contributed by atoms with Crippen LogP contribution in [0.5, 0.6) is 0 Å². The molecule has 9 rings (SSSR count). The van der Waals surface area contributed by atoms with Gasteiger partial charge in [0, 0.05) is 43.9 Å². The summed E-state index contributed by atoms with van der Waals surface area (Å²) in [6.45, 7) is 0. The van der Waals surface area contributed by atoms with Crippen LogP contribution in [0, 0.1) is 34.0 Å². The van der Waals surface area contributed by atoms with Crippen molar-refractivity contribution in [2.75, 3.05) is 0 Å². The van der Waals surface area contributed by atoms with Crippen LogP contribution in [0.4, 0.5) is 0 Å². The highest BCUT2D eigenvalue weighted by molar-refractivity contribution is 6.11. The van der Waals surface area contributed by atoms with Gasteiger partial charge in [0.1, 0.15) is 0 Å². The Hall–Kier alpha value is -7.39. The molecule has 0 bridgehead atoms. The second kappa shape index (κ2) is 11.4. The largest absolute Gasteiger partial charge is 0.309 e. The predicted octanol–water partition coefficient (Wildman–Crippen LogP) is 10.8. The lowest BCUT2D eigenvalue weighted by molar-refractivity contribution is 1.18. The highest BCUT2D eigenvalue weighted by atomic mass is 15.0. The number of nitriles is 3.